The number of carbonyl (C=O) groups is 1. The molecule has 0 aliphatic carbocycles. The summed E-state index contributed by atoms with van der Waals surface area (Å²) >= 11 is 0. The maximum absolute atomic E-state index is 13.0. The van der Waals surface area contributed by atoms with E-state index in [2.05, 4.69) is 35.1 Å². The van der Waals surface area contributed by atoms with Gasteiger partial charge in [-0.2, -0.15) is 13.2 Å². The van der Waals surface area contributed by atoms with Crippen molar-refractivity contribution >= 4 is 11.5 Å². The summed E-state index contributed by atoms with van der Waals surface area (Å²) in [6.07, 6.45) is 2.93. The van der Waals surface area contributed by atoms with E-state index in [9.17, 15) is 22.4 Å². The van der Waals surface area contributed by atoms with Crippen LogP contribution in [0.3, 0.4) is 0 Å². The lowest BCUT2D eigenvalue weighted by Gasteiger charge is -2.35. The fraction of sp³-hybridized carbons (Fsp3) is 0.333. The highest BCUT2D eigenvalue weighted by atomic mass is 19.4. The number of alkyl halides is 4. The summed E-state index contributed by atoms with van der Waals surface area (Å²) in [5, 5.41) is 8.52. The fourth-order valence-corrected chi connectivity index (χ4v) is 4.53. The first-order valence-electron chi connectivity index (χ1n) is 12.6. The average molecular weight is 555 g/mol. The molecule has 0 unspecified atom stereocenters. The van der Waals surface area contributed by atoms with E-state index < -0.39 is 17.5 Å². The highest BCUT2D eigenvalue weighted by Crippen LogP contribution is 2.29. The van der Waals surface area contributed by atoms with Gasteiger partial charge in [0, 0.05) is 63.3 Å². The van der Waals surface area contributed by atoms with E-state index in [1.54, 1.807) is 31.6 Å². The van der Waals surface area contributed by atoms with Crippen LogP contribution in [0.5, 0.6) is 0 Å². The smallest absolute Gasteiger partial charge is 0.368 e. The van der Waals surface area contributed by atoms with Crippen LogP contribution in [0.1, 0.15) is 27.3 Å². The Morgan fingerprint density at radius 2 is 1.82 bits per heavy atom. The molecular formula is C27H26F4N8O. The van der Waals surface area contributed by atoms with E-state index in [1.165, 1.54) is 10.9 Å². The number of rotatable bonds is 8. The third-order valence-electron chi connectivity index (χ3n) is 6.75. The molecule has 4 aromatic rings. The Bertz CT molecular complexity index is 1500. The SMILES string of the molecule is Cc1ncc(CC(=O)c2cc(C(F)(F)F)ccn2)cc1-n1cc(-c2cncc(N3CCN(CCF)CC3)c2)nn1. The highest BCUT2D eigenvalue weighted by Gasteiger charge is 2.31. The number of halogens is 4. The van der Waals surface area contributed by atoms with Gasteiger partial charge in [0.2, 0.25) is 0 Å². The lowest BCUT2D eigenvalue weighted by molar-refractivity contribution is -0.137. The molecule has 40 heavy (non-hydrogen) atoms. The molecule has 0 spiro atoms. The van der Waals surface area contributed by atoms with Gasteiger partial charge < -0.3 is 4.90 Å². The third-order valence-corrected chi connectivity index (χ3v) is 6.75. The minimum atomic E-state index is -4.57. The lowest BCUT2D eigenvalue weighted by Crippen LogP contribution is -2.47. The van der Waals surface area contributed by atoms with Crippen molar-refractivity contribution < 1.29 is 22.4 Å². The van der Waals surface area contributed by atoms with Gasteiger partial charge in [-0.15, -0.1) is 5.10 Å². The molecule has 9 nitrogen and oxygen atoms in total. The first-order chi connectivity index (χ1) is 19.2. The molecule has 0 radical (unpaired) electrons. The zero-order valence-corrected chi connectivity index (χ0v) is 21.6. The predicted octanol–water partition coefficient (Wildman–Crippen LogP) is 3.96. The van der Waals surface area contributed by atoms with E-state index >= 15 is 0 Å². The Kier molecular flexibility index (Phi) is 7.83. The van der Waals surface area contributed by atoms with Gasteiger partial charge in [-0.05, 0) is 36.8 Å². The number of anilines is 1. The van der Waals surface area contributed by atoms with Gasteiger partial charge in [0.05, 0.1) is 35.0 Å². The quantitative estimate of drug-likeness (QED) is 0.239. The number of ketones is 1. The van der Waals surface area contributed by atoms with E-state index in [0.29, 0.717) is 29.2 Å². The Balaban J connectivity index is 1.32. The molecule has 0 bridgehead atoms. The first-order valence-corrected chi connectivity index (χ1v) is 12.6. The molecule has 4 aromatic heterocycles. The molecule has 5 heterocycles. The van der Waals surface area contributed by atoms with Crippen molar-refractivity contribution in [2.24, 2.45) is 0 Å². The van der Waals surface area contributed by atoms with Crippen molar-refractivity contribution in [2.75, 3.05) is 44.3 Å². The minimum Gasteiger partial charge on any atom is -0.368 e. The Morgan fingerprint density at radius 3 is 2.58 bits per heavy atom. The Hall–Kier alpha value is -4.26. The van der Waals surface area contributed by atoms with Crippen molar-refractivity contribution in [3.63, 3.8) is 0 Å². The van der Waals surface area contributed by atoms with Crippen LogP contribution in [-0.4, -0.2) is 80.0 Å². The van der Waals surface area contributed by atoms with Crippen LogP contribution in [0, 0.1) is 6.92 Å². The van der Waals surface area contributed by atoms with E-state index in [0.717, 1.165) is 55.8 Å². The van der Waals surface area contributed by atoms with Crippen LogP contribution >= 0.6 is 0 Å². The van der Waals surface area contributed by atoms with Crippen molar-refractivity contribution in [3.8, 4) is 16.9 Å². The van der Waals surface area contributed by atoms with Crippen LogP contribution < -0.4 is 4.90 Å². The normalized spacial score (nSPS) is 14.5. The van der Waals surface area contributed by atoms with Gasteiger partial charge in [-0.1, -0.05) is 5.21 Å². The van der Waals surface area contributed by atoms with Crippen molar-refractivity contribution in [3.05, 3.63) is 77.8 Å². The summed E-state index contributed by atoms with van der Waals surface area (Å²) in [4.78, 5) is 29.5. The van der Waals surface area contributed by atoms with Crippen molar-refractivity contribution in [1.82, 2.24) is 34.8 Å². The van der Waals surface area contributed by atoms with Gasteiger partial charge in [-0.3, -0.25) is 24.6 Å². The predicted molar refractivity (Wildman–Crippen MR) is 139 cm³/mol. The van der Waals surface area contributed by atoms with Gasteiger partial charge in [-0.25, -0.2) is 9.07 Å². The number of pyridine rings is 3. The molecule has 0 aromatic carbocycles. The number of carbonyl (C=O) groups excluding carboxylic acids is 1. The zero-order chi connectivity index (χ0) is 28.3. The van der Waals surface area contributed by atoms with Gasteiger partial charge in [0.25, 0.3) is 0 Å². The summed E-state index contributed by atoms with van der Waals surface area (Å²) in [5.74, 6) is -0.560. The average Bonchev–Trinajstić information content (AvgIpc) is 3.45. The minimum absolute atomic E-state index is 0.180. The second-order valence-electron chi connectivity index (χ2n) is 9.47. The summed E-state index contributed by atoms with van der Waals surface area (Å²) in [7, 11) is 0. The van der Waals surface area contributed by atoms with Crippen LogP contribution in [-0.2, 0) is 12.6 Å². The second-order valence-corrected chi connectivity index (χ2v) is 9.47. The Morgan fingerprint density at radius 1 is 1.02 bits per heavy atom. The van der Waals surface area contributed by atoms with Crippen LogP contribution in [0.25, 0.3) is 16.9 Å². The molecule has 0 saturated carbocycles. The second kappa shape index (κ2) is 11.5. The molecule has 1 saturated heterocycles. The van der Waals surface area contributed by atoms with Crippen LogP contribution in [0.2, 0.25) is 0 Å². The highest BCUT2D eigenvalue weighted by molar-refractivity contribution is 5.95. The van der Waals surface area contributed by atoms with Crippen molar-refractivity contribution in [1.29, 1.82) is 0 Å². The van der Waals surface area contributed by atoms with Crippen LogP contribution in [0.15, 0.2) is 55.2 Å². The fourth-order valence-electron chi connectivity index (χ4n) is 4.53. The van der Waals surface area contributed by atoms with E-state index in [1.807, 2.05) is 6.07 Å². The topological polar surface area (TPSA) is 92.9 Å². The summed E-state index contributed by atoms with van der Waals surface area (Å²) < 4.78 is 53.3. The number of piperazine rings is 1. The summed E-state index contributed by atoms with van der Waals surface area (Å²) in [5.41, 5.74) is 2.79. The van der Waals surface area contributed by atoms with E-state index in [4.69, 9.17) is 0 Å². The first kappa shape index (κ1) is 27.3. The number of aryl methyl sites for hydroxylation is 1. The van der Waals surface area contributed by atoms with Gasteiger partial charge in [0.1, 0.15) is 18.1 Å². The van der Waals surface area contributed by atoms with Gasteiger partial charge in [0.15, 0.2) is 5.78 Å². The maximum Gasteiger partial charge on any atom is 0.416 e. The van der Waals surface area contributed by atoms with E-state index in [-0.39, 0.29) is 18.8 Å². The molecule has 1 fully saturated rings. The molecule has 1 aliphatic rings. The molecule has 5 rings (SSSR count). The monoisotopic (exact) mass is 554 g/mol. The Labute approximate surface area is 227 Å². The number of Topliss-reactive ketones (excluding diaryl/α,β-unsaturated/α-hetero) is 1. The van der Waals surface area contributed by atoms with Crippen molar-refractivity contribution in [2.45, 2.75) is 19.5 Å². The molecule has 208 valence electrons. The number of nitrogens with zero attached hydrogens (tertiary/aromatic N) is 8. The molecule has 1 aliphatic heterocycles. The number of hydrogen-bond acceptors (Lipinski definition) is 8. The lowest BCUT2D eigenvalue weighted by atomic mass is 10.1. The molecule has 0 amide bonds. The standard InChI is InChI=1S/C27H26F4N8O/c1-18-25(10-19(14-34-18)11-26(40)23-13-21(2-4-33-23)27(29,30)31)39-17-24(35-36-39)20-12-22(16-32-15-20)38-8-6-37(5-3-28)7-9-38/h2,4,10,12-17H,3,5-9,11H2,1H3. The maximum atomic E-state index is 13.0. The summed E-state index contributed by atoms with van der Waals surface area (Å²) in [6.45, 7) is 4.96. The molecule has 0 atom stereocenters. The third kappa shape index (κ3) is 6.14. The van der Waals surface area contributed by atoms with Gasteiger partial charge >= 0.3 is 6.18 Å². The largest absolute Gasteiger partial charge is 0.416 e. The zero-order valence-electron chi connectivity index (χ0n) is 21.6. The number of hydrogen-bond donors (Lipinski definition) is 0. The molecule has 13 heteroatoms. The van der Waals surface area contributed by atoms with Crippen LogP contribution in [0.4, 0.5) is 23.2 Å². The summed E-state index contributed by atoms with van der Waals surface area (Å²) in [6, 6.07) is 5.26. The number of aromatic nitrogens is 6. The molecular weight excluding hydrogens is 528 g/mol. The molecule has 0 N–H and O–H groups in total.